The van der Waals surface area contributed by atoms with Crippen LogP contribution in [0.25, 0.3) is 11.1 Å². The fourth-order valence-electron chi connectivity index (χ4n) is 4.85. The standard InChI is InChI=1S/C27H29N3O/c1-20-4-3-14-29(20)15-12-21-6-8-22(9-7-21)23-10-11-25-18-30(19-26(25)16-23)27(31)24-5-2-13-28-17-24/h2,5-11,13,16-17,20H,3-4,12,14-15,18-19H2,1H3. The first-order valence-electron chi connectivity index (χ1n) is 11.3. The SMILES string of the molecule is CC1CCCN1CCc1ccc(-c2ccc3c(c2)CN(C(=O)c2cccnc2)C3)cc1. The zero-order valence-electron chi connectivity index (χ0n) is 18.1. The van der Waals surface area contributed by atoms with Crippen molar-refractivity contribution in [2.75, 3.05) is 13.1 Å². The Hall–Kier alpha value is -2.98. The number of likely N-dealkylation sites (tertiary alicyclic amines) is 1. The lowest BCUT2D eigenvalue weighted by Gasteiger charge is -2.20. The summed E-state index contributed by atoms with van der Waals surface area (Å²) in [6.45, 7) is 6.06. The first-order valence-corrected chi connectivity index (χ1v) is 11.3. The molecule has 0 N–H and O–H groups in total. The van der Waals surface area contributed by atoms with E-state index < -0.39 is 0 Å². The van der Waals surface area contributed by atoms with Gasteiger partial charge in [-0.3, -0.25) is 9.78 Å². The number of rotatable bonds is 5. The summed E-state index contributed by atoms with van der Waals surface area (Å²) >= 11 is 0. The van der Waals surface area contributed by atoms with Crippen molar-refractivity contribution in [1.82, 2.24) is 14.8 Å². The normalized spacial score (nSPS) is 18.4. The molecule has 31 heavy (non-hydrogen) atoms. The summed E-state index contributed by atoms with van der Waals surface area (Å²) in [6.07, 6.45) is 7.12. The quantitative estimate of drug-likeness (QED) is 0.597. The van der Waals surface area contributed by atoms with Gasteiger partial charge >= 0.3 is 0 Å². The lowest BCUT2D eigenvalue weighted by Crippen LogP contribution is -2.28. The van der Waals surface area contributed by atoms with E-state index in [0.717, 1.165) is 19.0 Å². The van der Waals surface area contributed by atoms with Gasteiger partial charge in [-0.15, -0.1) is 0 Å². The van der Waals surface area contributed by atoms with Crippen LogP contribution in [-0.4, -0.2) is 39.8 Å². The Morgan fingerprint density at radius 2 is 1.84 bits per heavy atom. The summed E-state index contributed by atoms with van der Waals surface area (Å²) < 4.78 is 0. The molecule has 4 nitrogen and oxygen atoms in total. The average molecular weight is 412 g/mol. The molecular weight excluding hydrogens is 382 g/mol. The molecule has 1 unspecified atom stereocenters. The Morgan fingerprint density at radius 1 is 1.03 bits per heavy atom. The third-order valence-electron chi connectivity index (χ3n) is 6.79. The topological polar surface area (TPSA) is 36.4 Å². The Labute approximate surface area is 184 Å². The second-order valence-electron chi connectivity index (χ2n) is 8.86. The predicted octanol–water partition coefficient (Wildman–Crippen LogP) is 4.93. The third-order valence-corrected chi connectivity index (χ3v) is 6.79. The zero-order chi connectivity index (χ0) is 21.2. The van der Waals surface area contributed by atoms with Crippen molar-refractivity contribution in [3.05, 3.63) is 89.2 Å². The van der Waals surface area contributed by atoms with Crippen molar-refractivity contribution in [2.45, 2.75) is 45.3 Å². The molecule has 0 spiro atoms. The molecule has 0 radical (unpaired) electrons. The average Bonchev–Trinajstić information content (AvgIpc) is 3.43. The van der Waals surface area contributed by atoms with Gasteiger partial charge in [-0.2, -0.15) is 0 Å². The Balaban J connectivity index is 1.25. The largest absolute Gasteiger partial charge is 0.330 e. The maximum Gasteiger partial charge on any atom is 0.256 e. The highest BCUT2D eigenvalue weighted by atomic mass is 16.2. The molecule has 2 aliphatic heterocycles. The minimum atomic E-state index is 0.0440. The van der Waals surface area contributed by atoms with Gasteiger partial charge in [0.1, 0.15) is 0 Å². The minimum absolute atomic E-state index is 0.0440. The number of nitrogens with zero attached hydrogens (tertiary/aromatic N) is 3. The van der Waals surface area contributed by atoms with E-state index >= 15 is 0 Å². The molecule has 0 saturated carbocycles. The van der Waals surface area contributed by atoms with E-state index in [1.807, 2.05) is 17.0 Å². The van der Waals surface area contributed by atoms with Gasteiger partial charge in [-0.1, -0.05) is 36.4 Å². The van der Waals surface area contributed by atoms with Gasteiger partial charge in [0.05, 0.1) is 5.56 Å². The van der Waals surface area contributed by atoms with E-state index in [2.05, 4.69) is 59.3 Å². The number of pyridine rings is 1. The fourth-order valence-corrected chi connectivity index (χ4v) is 4.85. The maximum absolute atomic E-state index is 12.8. The van der Waals surface area contributed by atoms with Crippen molar-refractivity contribution in [2.24, 2.45) is 0 Å². The molecule has 2 aromatic carbocycles. The van der Waals surface area contributed by atoms with Gasteiger partial charge in [0.15, 0.2) is 0 Å². The molecule has 2 aliphatic rings. The third kappa shape index (κ3) is 4.26. The van der Waals surface area contributed by atoms with E-state index in [-0.39, 0.29) is 5.91 Å². The highest BCUT2D eigenvalue weighted by molar-refractivity contribution is 5.94. The molecule has 3 aromatic rings. The number of fused-ring (bicyclic) bond motifs is 1. The number of hydrogen-bond donors (Lipinski definition) is 0. The summed E-state index contributed by atoms with van der Waals surface area (Å²) in [7, 11) is 0. The predicted molar refractivity (Wildman–Crippen MR) is 124 cm³/mol. The monoisotopic (exact) mass is 411 g/mol. The number of hydrogen-bond acceptors (Lipinski definition) is 3. The van der Waals surface area contributed by atoms with Crippen LogP contribution < -0.4 is 0 Å². The summed E-state index contributed by atoms with van der Waals surface area (Å²) in [6, 6.07) is 20.0. The van der Waals surface area contributed by atoms with E-state index in [4.69, 9.17) is 0 Å². The number of carbonyl (C=O) groups excluding carboxylic acids is 1. The van der Waals surface area contributed by atoms with Crippen molar-refractivity contribution >= 4 is 5.91 Å². The molecule has 1 aromatic heterocycles. The number of benzene rings is 2. The van der Waals surface area contributed by atoms with E-state index in [0.29, 0.717) is 18.7 Å². The Bertz CT molecular complexity index is 1060. The molecular formula is C27H29N3O. The Kier molecular flexibility index (Phi) is 5.56. The summed E-state index contributed by atoms with van der Waals surface area (Å²) in [5.41, 5.74) is 6.97. The van der Waals surface area contributed by atoms with Gasteiger partial charge in [-0.05, 0) is 78.7 Å². The van der Waals surface area contributed by atoms with E-state index in [1.165, 1.54) is 47.2 Å². The molecule has 3 heterocycles. The van der Waals surface area contributed by atoms with Gasteiger partial charge < -0.3 is 9.80 Å². The molecule has 1 amide bonds. The maximum atomic E-state index is 12.8. The molecule has 0 aliphatic carbocycles. The zero-order valence-corrected chi connectivity index (χ0v) is 18.1. The number of carbonyl (C=O) groups is 1. The summed E-state index contributed by atoms with van der Waals surface area (Å²) in [5, 5.41) is 0. The van der Waals surface area contributed by atoms with Crippen LogP contribution in [0.2, 0.25) is 0 Å². The first kappa shape index (κ1) is 20.0. The number of amides is 1. The summed E-state index contributed by atoms with van der Waals surface area (Å²) in [4.78, 5) is 21.3. The lowest BCUT2D eigenvalue weighted by molar-refractivity contribution is 0.0751. The van der Waals surface area contributed by atoms with Crippen LogP contribution in [0.1, 0.15) is 46.8 Å². The lowest BCUT2D eigenvalue weighted by atomic mass is 9.99. The van der Waals surface area contributed by atoms with Crippen LogP contribution in [0.15, 0.2) is 67.0 Å². The Morgan fingerprint density at radius 3 is 2.58 bits per heavy atom. The number of aromatic nitrogens is 1. The van der Waals surface area contributed by atoms with Crippen LogP contribution in [0.3, 0.4) is 0 Å². The molecule has 4 heteroatoms. The molecule has 0 bridgehead atoms. The van der Waals surface area contributed by atoms with Gasteiger partial charge in [0.2, 0.25) is 0 Å². The van der Waals surface area contributed by atoms with Crippen LogP contribution in [0.5, 0.6) is 0 Å². The molecule has 158 valence electrons. The second kappa shape index (κ2) is 8.64. The van der Waals surface area contributed by atoms with Crippen LogP contribution in [-0.2, 0) is 19.5 Å². The van der Waals surface area contributed by atoms with Gasteiger partial charge in [0, 0.05) is 38.1 Å². The van der Waals surface area contributed by atoms with Crippen molar-refractivity contribution in [3.63, 3.8) is 0 Å². The minimum Gasteiger partial charge on any atom is -0.330 e. The second-order valence-corrected chi connectivity index (χ2v) is 8.86. The van der Waals surface area contributed by atoms with Crippen molar-refractivity contribution in [1.29, 1.82) is 0 Å². The van der Waals surface area contributed by atoms with E-state index in [9.17, 15) is 4.79 Å². The van der Waals surface area contributed by atoms with Crippen LogP contribution in [0, 0.1) is 0 Å². The fraction of sp³-hybridized carbons (Fsp3) is 0.333. The van der Waals surface area contributed by atoms with Gasteiger partial charge in [-0.25, -0.2) is 0 Å². The smallest absolute Gasteiger partial charge is 0.256 e. The van der Waals surface area contributed by atoms with Crippen LogP contribution in [0.4, 0.5) is 0 Å². The van der Waals surface area contributed by atoms with Gasteiger partial charge in [0.25, 0.3) is 5.91 Å². The molecule has 1 fully saturated rings. The molecule has 1 atom stereocenters. The molecule has 1 saturated heterocycles. The van der Waals surface area contributed by atoms with Crippen LogP contribution >= 0.6 is 0 Å². The van der Waals surface area contributed by atoms with Crippen molar-refractivity contribution in [3.8, 4) is 11.1 Å². The van der Waals surface area contributed by atoms with Crippen molar-refractivity contribution < 1.29 is 4.79 Å². The highest BCUT2D eigenvalue weighted by Crippen LogP contribution is 2.29. The van der Waals surface area contributed by atoms with E-state index in [1.54, 1.807) is 12.4 Å². The molecule has 5 rings (SSSR count). The first-order chi connectivity index (χ1) is 15.2. The summed E-state index contributed by atoms with van der Waals surface area (Å²) in [5.74, 6) is 0.0440. The highest BCUT2D eigenvalue weighted by Gasteiger charge is 2.24.